The number of rotatable bonds is 9. The van der Waals surface area contributed by atoms with Crippen LogP contribution >= 0.6 is 15.9 Å². The predicted molar refractivity (Wildman–Crippen MR) is 86.7 cm³/mol. The quantitative estimate of drug-likeness (QED) is 0.439. The van der Waals surface area contributed by atoms with E-state index in [-0.39, 0.29) is 0 Å². The molecule has 1 aromatic carbocycles. The molecule has 0 spiro atoms. The van der Waals surface area contributed by atoms with Gasteiger partial charge in [0.2, 0.25) is 0 Å². The van der Waals surface area contributed by atoms with Gasteiger partial charge in [0.25, 0.3) is 0 Å². The van der Waals surface area contributed by atoms with Crippen LogP contribution in [0, 0.1) is 5.92 Å². The first kappa shape index (κ1) is 16.5. The van der Waals surface area contributed by atoms with Gasteiger partial charge < -0.3 is 4.74 Å². The normalized spacial score (nSPS) is 13.5. The monoisotopic (exact) mass is 324 g/mol. The van der Waals surface area contributed by atoms with Crippen LogP contribution in [0.2, 0.25) is 0 Å². The summed E-state index contributed by atoms with van der Waals surface area (Å²) in [6, 6.07) is 10.4. The van der Waals surface area contributed by atoms with Crippen molar-refractivity contribution < 1.29 is 4.74 Å². The second-order valence-electron chi connectivity index (χ2n) is 5.20. The first-order valence-electron chi connectivity index (χ1n) is 7.05. The molecule has 1 aromatic rings. The van der Waals surface area contributed by atoms with Crippen molar-refractivity contribution in [3.8, 4) is 0 Å². The summed E-state index contributed by atoms with van der Waals surface area (Å²) < 4.78 is 5.76. The lowest BCUT2D eigenvalue weighted by molar-refractivity contribution is 0.0890. The number of hydrogen-bond acceptors (Lipinski definition) is 1. The Bertz CT molecular complexity index is 359. The van der Waals surface area contributed by atoms with Gasteiger partial charge in [-0.05, 0) is 37.7 Å². The summed E-state index contributed by atoms with van der Waals surface area (Å²) in [5.41, 5.74) is 2.74. The van der Waals surface area contributed by atoms with E-state index in [9.17, 15) is 0 Å². The number of ether oxygens (including phenoxy) is 1. The second-order valence-corrected chi connectivity index (χ2v) is 5.85. The third-order valence-corrected chi connectivity index (χ3v) is 3.53. The molecule has 0 saturated heterocycles. The summed E-state index contributed by atoms with van der Waals surface area (Å²) in [5, 5.41) is 0.967. The number of halogens is 1. The highest BCUT2D eigenvalue weighted by Crippen LogP contribution is 2.13. The molecule has 106 valence electrons. The molecule has 2 heteroatoms. The van der Waals surface area contributed by atoms with Crippen molar-refractivity contribution >= 4 is 15.9 Å². The van der Waals surface area contributed by atoms with E-state index in [1.807, 2.05) is 6.07 Å². The third kappa shape index (κ3) is 8.22. The highest BCUT2D eigenvalue weighted by molar-refractivity contribution is 9.09. The maximum atomic E-state index is 5.76. The van der Waals surface area contributed by atoms with Crippen molar-refractivity contribution in [3.05, 3.63) is 47.5 Å². The van der Waals surface area contributed by atoms with Gasteiger partial charge in [0.1, 0.15) is 0 Å². The van der Waals surface area contributed by atoms with Crippen LogP contribution in [0.4, 0.5) is 0 Å². The Labute approximate surface area is 126 Å². The summed E-state index contributed by atoms with van der Waals surface area (Å²) in [4.78, 5) is 0. The number of allylic oxidation sites excluding steroid dienone is 2. The Kier molecular flexibility index (Phi) is 8.85. The minimum Gasteiger partial charge on any atom is -0.376 e. The van der Waals surface area contributed by atoms with Gasteiger partial charge in [0, 0.05) is 11.9 Å². The third-order valence-electron chi connectivity index (χ3n) is 3.21. The zero-order chi connectivity index (χ0) is 13.9. The fraction of sp³-hybridized carbons (Fsp3) is 0.529. The average molecular weight is 325 g/mol. The van der Waals surface area contributed by atoms with E-state index in [4.69, 9.17) is 4.74 Å². The Morgan fingerprint density at radius 3 is 2.74 bits per heavy atom. The van der Waals surface area contributed by atoms with Crippen molar-refractivity contribution in [3.63, 3.8) is 0 Å². The lowest BCUT2D eigenvalue weighted by Gasteiger charge is -2.12. The molecule has 0 aliphatic carbocycles. The van der Waals surface area contributed by atoms with Crippen molar-refractivity contribution in [2.45, 2.75) is 39.7 Å². The molecule has 0 aromatic heterocycles. The lowest BCUT2D eigenvalue weighted by Crippen LogP contribution is -2.06. The fourth-order valence-electron chi connectivity index (χ4n) is 2.00. The van der Waals surface area contributed by atoms with E-state index in [1.165, 1.54) is 30.4 Å². The van der Waals surface area contributed by atoms with Crippen molar-refractivity contribution in [2.24, 2.45) is 5.92 Å². The van der Waals surface area contributed by atoms with Crippen molar-refractivity contribution in [1.82, 2.24) is 0 Å². The molecule has 0 radical (unpaired) electrons. The van der Waals surface area contributed by atoms with Crippen molar-refractivity contribution in [2.75, 3.05) is 11.9 Å². The zero-order valence-corrected chi connectivity index (χ0v) is 13.7. The predicted octanol–water partition coefficient (Wildman–Crippen LogP) is 5.35. The Hall–Kier alpha value is -0.600. The van der Waals surface area contributed by atoms with E-state index in [1.54, 1.807) is 0 Å². The maximum absolute atomic E-state index is 5.76. The zero-order valence-electron chi connectivity index (χ0n) is 12.1. The molecule has 1 nitrogen and oxygen atoms in total. The van der Waals surface area contributed by atoms with Gasteiger partial charge in [0.05, 0.1) is 6.61 Å². The highest BCUT2D eigenvalue weighted by Gasteiger charge is 2.03. The van der Waals surface area contributed by atoms with Crippen LogP contribution in [0.5, 0.6) is 0 Å². The molecule has 0 bridgehead atoms. The van der Waals surface area contributed by atoms with Gasteiger partial charge in [0.15, 0.2) is 0 Å². The van der Waals surface area contributed by atoms with Crippen LogP contribution in [0.3, 0.4) is 0 Å². The second kappa shape index (κ2) is 10.2. The molecule has 0 aliphatic rings. The molecule has 1 atom stereocenters. The number of hydrogen-bond donors (Lipinski definition) is 0. The van der Waals surface area contributed by atoms with E-state index >= 15 is 0 Å². The van der Waals surface area contributed by atoms with Crippen LogP contribution in [0.25, 0.3) is 0 Å². The summed E-state index contributed by atoms with van der Waals surface area (Å²) >= 11 is 3.43. The van der Waals surface area contributed by atoms with E-state index in [2.05, 4.69) is 60.1 Å². The molecule has 0 aliphatic heterocycles. The van der Waals surface area contributed by atoms with Gasteiger partial charge in [-0.15, -0.1) is 0 Å². The van der Waals surface area contributed by atoms with Gasteiger partial charge in [-0.3, -0.25) is 0 Å². The van der Waals surface area contributed by atoms with E-state index in [0.29, 0.717) is 5.92 Å². The molecule has 0 heterocycles. The molecule has 1 rings (SSSR count). The molecular formula is C17H25BrO. The molecule has 1 unspecified atom stereocenters. The molecular weight excluding hydrogens is 300 g/mol. The van der Waals surface area contributed by atoms with Crippen molar-refractivity contribution in [1.29, 1.82) is 0 Å². The van der Waals surface area contributed by atoms with Crippen LogP contribution in [0.15, 0.2) is 42.0 Å². The lowest BCUT2D eigenvalue weighted by atomic mass is 10.0. The number of benzene rings is 1. The van der Waals surface area contributed by atoms with Gasteiger partial charge >= 0.3 is 0 Å². The first-order chi connectivity index (χ1) is 9.22. The first-order valence-corrected chi connectivity index (χ1v) is 8.17. The Morgan fingerprint density at radius 1 is 1.32 bits per heavy atom. The summed E-state index contributed by atoms with van der Waals surface area (Å²) in [5.74, 6) is 0.639. The van der Waals surface area contributed by atoms with Gasteiger partial charge in [-0.25, -0.2) is 0 Å². The van der Waals surface area contributed by atoms with Gasteiger partial charge in [-0.2, -0.15) is 0 Å². The Balaban J connectivity index is 2.08. The molecule has 0 saturated carbocycles. The summed E-state index contributed by atoms with van der Waals surface area (Å²) in [7, 11) is 0. The number of alkyl halides is 1. The van der Waals surface area contributed by atoms with E-state index in [0.717, 1.165) is 18.5 Å². The topological polar surface area (TPSA) is 9.23 Å². The van der Waals surface area contributed by atoms with Crippen LogP contribution in [-0.2, 0) is 11.3 Å². The maximum Gasteiger partial charge on any atom is 0.0717 e. The molecule has 0 fully saturated rings. The minimum absolute atomic E-state index is 0.639. The van der Waals surface area contributed by atoms with Crippen LogP contribution < -0.4 is 0 Å². The van der Waals surface area contributed by atoms with Crippen LogP contribution in [-0.4, -0.2) is 11.9 Å². The smallest absolute Gasteiger partial charge is 0.0717 e. The van der Waals surface area contributed by atoms with Gasteiger partial charge in [-0.1, -0.05) is 64.8 Å². The molecule has 0 N–H and O–H groups in total. The molecule has 0 amide bonds. The standard InChI is InChI=1S/C17H25BrO/c1-15(11-12-18)7-6-8-16(2)13-19-14-17-9-4-3-5-10-17/h3-5,9-11,16H,6-8,12-14H2,1-2H3. The SMILES string of the molecule is CC(=CCBr)CCCC(C)COCc1ccccc1. The Morgan fingerprint density at radius 2 is 2.05 bits per heavy atom. The fourth-order valence-corrected chi connectivity index (χ4v) is 2.55. The average Bonchev–Trinajstić information content (AvgIpc) is 2.40. The summed E-state index contributed by atoms with van der Waals surface area (Å²) in [6.07, 6.45) is 5.94. The highest BCUT2D eigenvalue weighted by atomic mass is 79.9. The van der Waals surface area contributed by atoms with E-state index < -0.39 is 0 Å². The molecule has 19 heavy (non-hydrogen) atoms. The largest absolute Gasteiger partial charge is 0.376 e. The van der Waals surface area contributed by atoms with Crippen LogP contribution in [0.1, 0.15) is 38.7 Å². The minimum atomic E-state index is 0.639. The summed E-state index contributed by atoms with van der Waals surface area (Å²) in [6.45, 7) is 6.07.